The van der Waals surface area contributed by atoms with Crippen LogP contribution in [0.3, 0.4) is 0 Å². The Labute approximate surface area is 131 Å². The summed E-state index contributed by atoms with van der Waals surface area (Å²) in [6.45, 7) is 10.5. The number of thioether (sulfide) groups is 1. The molecule has 4 nitrogen and oxygen atoms in total. The van der Waals surface area contributed by atoms with Crippen molar-refractivity contribution in [1.29, 1.82) is 0 Å². The molecule has 21 heavy (non-hydrogen) atoms. The highest BCUT2D eigenvalue weighted by atomic mass is 32.2. The third-order valence-electron chi connectivity index (χ3n) is 3.83. The molecule has 0 spiro atoms. The van der Waals surface area contributed by atoms with Gasteiger partial charge in [0.05, 0.1) is 11.4 Å². The molecule has 116 valence electrons. The Kier molecular flexibility index (Phi) is 5.65. The van der Waals surface area contributed by atoms with Crippen LogP contribution in [0.2, 0.25) is 0 Å². The lowest BCUT2D eigenvalue weighted by atomic mass is 10.2. The second-order valence-corrected chi connectivity index (χ2v) is 7.00. The lowest BCUT2D eigenvalue weighted by molar-refractivity contribution is -0.128. The number of nitrogens with zero attached hydrogens (tertiary/aromatic N) is 3. The van der Waals surface area contributed by atoms with Crippen molar-refractivity contribution in [3.05, 3.63) is 30.1 Å². The smallest absolute Gasteiger partial charge is 0.233 e. The number of pyridine rings is 1. The fourth-order valence-electron chi connectivity index (χ4n) is 2.80. The SMILES string of the molecule is CC(C)N(CCN1C(=O)CSC1c1ccccn1)C(C)C. The first-order valence-corrected chi connectivity index (χ1v) is 8.63. The normalized spacial score (nSPS) is 19.3. The molecule has 2 rings (SSSR count). The van der Waals surface area contributed by atoms with E-state index in [0.29, 0.717) is 17.8 Å². The quantitative estimate of drug-likeness (QED) is 0.810. The molecule has 2 heterocycles. The number of hydrogen-bond donors (Lipinski definition) is 0. The number of carbonyl (C=O) groups is 1. The van der Waals surface area contributed by atoms with Gasteiger partial charge in [-0.25, -0.2) is 0 Å². The molecule has 1 aliphatic heterocycles. The van der Waals surface area contributed by atoms with E-state index in [-0.39, 0.29) is 11.3 Å². The van der Waals surface area contributed by atoms with Crippen molar-refractivity contribution in [2.75, 3.05) is 18.8 Å². The minimum absolute atomic E-state index is 0.0693. The molecule has 0 aliphatic carbocycles. The molecule has 1 aromatic rings. The standard InChI is InChI=1S/C16H25N3OS/c1-12(2)18(13(3)4)9-10-19-15(20)11-21-16(19)14-7-5-6-8-17-14/h5-8,12-13,16H,9-11H2,1-4H3. The van der Waals surface area contributed by atoms with Crippen LogP contribution in [0.25, 0.3) is 0 Å². The van der Waals surface area contributed by atoms with Crippen LogP contribution in [0.15, 0.2) is 24.4 Å². The molecule has 5 heteroatoms. The van der Waals surface area contributed by atoms with Crippen molar-refractivity contribution in [3.63, 3.8) is 0 Å². The van der Waals surface area contributed by atoms with Gasteiger partial charge < -0.3 is 4.90 Å². The number of carbonyl (C=O) groups excluding carboxylic acids is 1. The summed E-state index contributed by atoms with van der Waals surface area (Å²) in [4.78, 5) is 21.0. The predicted octanol–water partition coefficient (Wildman–Crippen LogP) is 2.77. The molecule has 1 aliphatic rings. The molecule has 0 N–H and O–H groups in total. The van der Waals surface area contributed by atoms with Crippen LogP contribution in [-0.2, 0) is 4.79 Å². The Morgan fingerprint density at radius 1 is 1.33 bits per heavy atom. The average Bonchev–Trinajstić information content (AvgIpc) is 2.81. The van der Waals surface area contributed by atoms with Gasteiger partial charge in [0.1, 0.15) is 5.37 Å². The Morgan fingerprint density at radius 2 is 2.05 bits per heavy atom. The molecular weight excluding hydrogens is 282 g/mol. The Bertz CT molecular complexity index is 456. The van der Waals surface area contributed by atoms with Crippen molar-refractivity contribution in [2.24, 2.45) is 0 Å². The van der Waals surface area contributed by atoms with Gasteiger partial charge in [-0.15, -0.1) is 11.8 Å². The summed E-state index contributed by atoms with van der Waals surface area (Å²) in [5.41, 5.74) is 0.981. The van der Waals surface area contributed by atoms with Crippen LogP contribution >= 0.6 is 11.8 Å². The first kappa shape index (κ1) is 16.3. The first-order chi connectivity index (χ1) is 10.0. The fourth-order valence-corrected chi connectivity index (χ4v) is 3.98. The highest BCUT2D eigenvalue weighted by Crippen LogP contribution is 2.37. The van der Waals surface area contributed by atoms with E-state index >= 15 is 0 Å². The maximum Gasteiger partial charge on any atom is 0.233 e. The van der Waals surface area contributed by atoms with Crippen LogP contribution < -0.4 is 0 Å². The molecule has 1 atom stereocenters. The molecule has 1 fully saturated rings. The minimum Gasteiger partial charge on any atom is -0.323 e. The van der Waals surface area contributed by atoms with E-state index in [0.717, 1.165) is 18.8 Å². The average molecular weight is 307 g/mol. The minimum atomic E-state index is 0.0693. The van der Waals surface area contributed by atoms with E-state index in [9.17, 15) is 4.79 Å². The van der Waals surface area contributed by atoms with Crippen LogP contribution in [0.4, 0.5) is 0 Å². The van der Waals surface area contributed by atoms with Gasteiger partial charge in [0, 0.05) is 31.4 Å². The number of amides is 1. The summed E-state index contributed by atoms with van der Waals surface area (Å²) in [6, 6.07) is 6.88. The molecule has 0 radical (unpaired) electrons. The maximum atomic E-state index is 12.2. The second-order valence-electron chi connectivity index (χ2n) is 5.93. The monoisotopic (exact) mass is 307 g/mol. The summed E-state index contributed by atoms with van der Waals surface area (Å²) in [6.07, 6.45) is 1.80. The molecule has 0 saturated carbocycles. The van der Waals surface area contributed by atoms with E-state index in [1.807, 2.05) is 23.1 Å². The zero-order chi connectivity index (χ0) is 15.4. The van der Waals surface area contributed by atoms with Crippen molar-refractivity contribution in [1.82, 2.24) is 14.8 Å². The summed E-state index contributed by atoms with van der Waals surface area (Å²) in [5.74, 6) is 0.785. The fraction of sp³-hybridized carbons (Fsp3) is 0.625. The molecule has 1 amide bonds. The molecule has 1 saturated heterocycles. The zero-order valence-electron chi connectivity index (χ0n) is 13.3. The maximum absolute atomic E-state index is 12.2. The van der Waals surface area contributed by atoms with Gasteiger partial charge >= 0.3 is 0 Å². The first-order valence-electron chi connectivity index (χ1n) is 7.58. The molecule has 1 aromatic heterocycles. The van der Waals surface area contributed by atoms with E-state index in [1.165, 1.54) is 0 Å². The molecular formula is C16H25N3OS. The Balaban J connectivity index is 2.04. The van der Waals surface area contributed by atoms with Gasteiger partial charge in [-0.2, -0.15) is 0 Å². The van der Waals surface area contributed by atoms with Gasteiger partial charge in [-0.1, -0.05) is 6.07 Å². The highest BCUT2D eigenvalue weighted by Gasteiger charge is 2.33. The molecule has 1 unspecified atom stereocenters. The number of rotatable bonds is 6. The van der Waals surface area contributed by atoms with Crippen molar-refractivity contribution < 1.29 is 4.79 Å². The topological polar surface area (TPSA) is 36.4 Å². The third kappa shape index (κ3) is 3.98. The summed E-state index contributed by atoms with van der Waals surface area (Å²) in [5, 5.41) is 0.0693. The molecule has 0 aromatic carbocycles. The number of aromatic nitrogens is 1. The lowest BCUT2D eigenvalue weighted by Crippen LogP contribution is -2.43. The third-order valence-corrected chi connectivity index (χ3v) is 5.06. The van der Waals surface area contributed by atoms with Gasteiger partial charge in [-0.3, -0.25) is 14.7 Å². The molecule has 0 bridgehead atoms. The van der Waals surface area contributed by atoms with Crippen LogP contribution in [0.1, 0.15) is 38.8 Å². The van der Waals surface area contributed by atoms with E-state index in [1.54, 1.807) is 18.0 Å². The van der Waals surface area contributed by atoms with E-state index in [4.69, 9.17) is 0 Å². The second kappa shape index (κ2) is 7.27. The van der Waals surface area contributed by atoms with Crippen LogP contribution in [0, 0.1) is 0 Å². The van der Waals surface area contributed by atoms with Crippen LogP contribution in [-0.4, -0.2) is 51.6 Å². The largest absolute Gasteiger partial charge is 0.323 e. The summed E-state index contributed by atoms with van der Waals surface area (Å²) >= 11 is 1.68. The van der Waals surface area contributed by atoms with Crippen molar-refractivity contribution in [2.45, 2.75) is 45.2 Å². The Hall–Kier alpha value is -1.07. The van der Waals surface area contributed by atoms with Crippen LogP contribution in [0.5, 0.6) is 0 Å². The number of hydrogen-bond acceptors (Lipinski definition) is 4. The van der Waals surface area contributed by atoms with Crippen molar-refractivity contribution in [3.8, 4) is 0 Å². The van der Waals surface area contributed by atoms with Gasteiger partial charge in [0.15, 0.2) is 0 Å². The predicted molar refractivity (Wildman–Crippen MR) is 88.1 cm³/mol. The Morgan fingerprint density at radius 3 is 2.62 bits per heavy atom. The van der Waals surface area contributed by atoms with Gasteiger partial charge in [-0.05, 0) is 39.8 Å². The summed E-state index contributed by atoms with van der Waals surface area (Å²) < 4.78 is 0. The van der Waals surface area contributed by atoms with Gasteiger partial charge in [0.25, 0.3) is 0 Å². The lowest BCUT2D eigenvalue weighted by Gasteiger charge is -2.33. The van der Waals surface area contributed by atoms with Crippen molar-refractivity contribution >= 4 is 17.7 Å². The van der Waals surface area contributed by atoms with E-state index in [2.05, 4.69) is 37.6 Å². The highest BCUT2D eigenvalue weighted by molar-refractivity contribution is 8.00. The van der Waals surface area contributed by atoms with Gasteiger partial charge in [0.2, 0.25) is 5.91 Å². The summed E-state index contributed by atoms with van der Waals surface area (Å²) in [7, 11) is 0. The zero-order valence-corrected chi connectivity index (χ0v) is 14.1. The van der Waals surface area contributed by atoms with E-state index < -0.39 is 0 Å².